The molecule has 2 aromatic carbocycles. The van der Waals surface area contributed by atoms with Gasteiger partial charge in [-0.15, -0.1) is 0 Å². The zero-order valence-corrected chi connectivity index (χ0v) is 16.3. The van der Waals surface area contributed by atoms with Crippen molar-refractivity contribution in [1.82, 2.24) is 0 Å². The van der Waals surface area contributed by atoms with E-state index < -0.39 is 27.9 Å². The number of halogens is 3. The lowest BCUT2D eigenvalue weighted by Crippen LogP contribution is -2.44. The van der Waals surface area contributed by atoms with Crippen molar-refractivity contribution in [3.05, 3.63) is 58.3 Å². The molecule has 0 heterocycles. The van der Waals surface area contributed by atoms with Gasteiger partial charge in [0.25, 0.3) is 10.0 Å². The lowest BCUT2D eigenvalue weighted by Gasteiger charge is -2.29. The van der Waals surface area contributed by atoms with Gasteiger partial charge in [-0.2, -0.15) is 0 Å². The van der Waals surface area contributed by atoms with Crippen LogP contribution >= 0.6 is 23.2 Å². The Morgan fingerprint density at radius 2 is 1.73 bits per heavy atom. The molecule has 2 rings (SSSR count). The zero-order chi connectivity index (χ0) is 19.5. The minimum atomic E-state index is -4.30. The van der Waals surface area contributed by atoms with Crippen LogP contribution in [0.1, 0.15) is 13.8 Å². The lowest BCUT2D eigenvalue weighted by molar-refractivity contribution is -0.144. The summed E-state index contributed by atoms with van der Waals surface area (Å²) in [6.07, 6.45) is 0. The first-order valence-corrected chi connectivity index (χ1v) is 9.79. The molecule has 0 N–H and O–H groups in total. The van der Waals surface area contributed by atoms with Crippen LogP contribution in [-0.2, 0) is 19.6 Å². The molecule has 5 nitrogen and oxygen atoms in total. The number of anilines is 1. The third-order valence-corrected chi connectivity index (χ3v) is 5.88. The monoisotopic (exact) mass is 419 g/mol. The number of hydrogen-bond acceptors (Lipinski definition) is 4. The molecule has 0 aliphatic carbocycles. The van der Waals surface area contributed by atoms with E-state index in [9.17, 15) is 17.6 Å². The van der Waals surface area contributed by atoms with Gasteiger partial charge in [0.05, 0.1) is 17.2 Å². The summed E-state index contributed by atoms with van der Waals surface area (Å²) in [6.45, 7) is 2.95. The first-order valence-electron chi connectivity index (χ1n) is 7.60. The van der Waals surface area contributed by atoms with Crippen molar-refractivity contribution in [2.24, 2.45) is 0 Å². The van der Waals surface area contributed by atoms with Crippen LogP contribution in [0.5, 0.6) is 0 Å². The molecule has 2 aromatic rings. The highest BCUT2D eigenvalue weighted by atomic mass is 35.5. The molecule has 0 saturated heterocycles. The smallest absolute Gasteiger partial charge is 0.329 e. The molecule has 0 aromatic heterocycles. The molecule has 0 aliphatic heterocycles. The van der Waals surface area contributed by atoms with Gasteiger partial charge < -0.3 is 4.74 Å². The topological polar surface area (TPSA) is 63.7 Å². The van der Waals surface area contributed by atoms with Gasteiger partial charge >= 0.3 is 5.97 Å². The summed E-state index contributed by atoms with van der Waals surface area (Å²) in [4.78, 5) is 12.0. The normalized spacial score (nSPS) is 12.5. The molecule has 0 spiro atoms. The number of rotatable bonds is 6. The van der Waals surface area contributed by atoms with Gasteiger partial charge in [0, 0.05) is 10.0 Å². The number of benzene rings is 2. The number of nitrogens with zero attached hydrogens (tertiary/aromatic N) is 1. The van der Waals surface area contributed by atoms with E-state index in [0.29, 0.717) is 9.33 Å². The van der Waals surface area contributed by atoms with Crippen LogP contribution in [0.4, 0.5) is 10.1 Å². The second-order valence-corrected chi connectivity index (χ2v) is 7.97. The average molecular weight is 420 g/mol. The minimum Gasteiger partial charge on any atom is -0.464 e. The fraction of sp³-hybridized carbons (Fsp3) is 0.235. The average Bonchev–Trinajstić information content (AvgIpc) is 2.58. The Labute approximate surface area is 161 Å². The molecule has 9 heteroatoms. The third-order valence-electron chi connectivity index (χ3n) is 3.50. The fourth-order valence-electron chi connectivity index (χ4n) is 2.28. The SMILES string of the molecule is CCOC(=O)[C@@H](C)N(c1cc(Cl)ccc1F)S(=O)(=O)c1ccc(Cl)cc1. The van der Waals surface area contributed by atoms with Crippen LogP contribution in [0, 0.1) is 5.82 Å². The second kappa shape index (κ2) is 8.24. The van der Waals surface area contributed by atoms with E-state index in [4.69, 9.17) is 27.9 Å². The molecule has 1 atom stereocenters. The number of hydrogen-bond donors (Lipinski definition) is 0. The standard InChI is InChI=1S/C17H16Cl2FNO4S/c1-3-25-17(22)11(2)21(16-10-13(19)6-9-15(16)20)26(23,24)14-7-4-12(18)5-8-14/h4-11H,3H2,1-2H3/t11-/m1/s1. The van der Waals surface area contributed by atoms with Gasteiger partial charge in [-0.05, 0) is 56.3 Å². The zero-order valence-electron chi connectivity index (χ0n) is 13.9. The van der Waals surface area contributed by atoms with Crippen molar-refractivity contribution >= 4 is 44.9 Å². The molecule has 0 amide bonds. The molecular formula is C17H16Cl2FNO4S. The van der Waals surface area contributed by atoms with Crippen molar-refractivity contribution in [2.75, 3.05) is 10.9 Å². The van der Waals surface area contributed by atoms with E-state index >= 15 is 0 Å². The number of ether oxygens (including phenoxy) is 1. The van der Waals surface area contributed by atoms with Crippen molar-refractivity contribution < 1.29 is 22.3 Å². The van der Waals surface area contributed by atoms with Crippen molar-refractivity contribution in [2.45, 2.75) is 24.8 Å². The van der Waals surface area contributed by atoms with Gasteiger partial charge in [-0.3, -0.25) is 0 Å². The minimum absolute atomic E-state index is 0.0516. The van der Waals surface area contributed by atoms with Crippen LogP contribution in [0.2, 0.25) is 10.0 Å². The van der Waals surface area contributed by atoms with Crippen molar-refractivity contribution in [3.8, 4) is 0 Å². The maximum atomic E-state index is 14.4. The summed E-state index contributed by atoms with van der Waals surface area (Å²) in [7, 11) is -4.30. The summed E-state index contributed by atoms with van der Waals surface area (Å²) in [6, 6.07) is 7.44. The van der Waals surface area contributed by atoms with Gasteiger partial charge in [0.2, 0.25) is 0 Å². The highest BCUT2D eigenvalue weighted by Gasteiger charge is 2.36. The molecule has 0 fully saturated rings. The van der Waals surface area contributed by atoms with Crippen molar-refractivity contribution in [1.29, 1.82) is 0 Å². The predicted molar refractivity (Wildman–Crippen MR) is 98.6 cm³/mol. The highest BCUT2D eigenvalue weighted by molar-refractivity contribution is 7.93. The maximum absolute atomic E-state index is 14.4. The van der Waals surface area contributed by atoms with Crippen LogP contribution < -0.4 is 4.31 Å². The summed E-state index contributed by atoms with van der Waals surface area (Å²) in [5, 5.41) is 0.455. The molecule has 0 bridgehead atoms. The second-order valence-electron chi connectivity index (χ2n) is 5.28. The first kappa shape index (κ1) is 20.5. The van der Waals surface area contributed by atoms with Crippen LogP contribution in [0.25, 0.3) is 0 Å². The van der Waals surface area contributed by atoms with Crippen LogP contribution in [0.3, 0.4) is 0 Å². The first-order chi connectivity index (χ1) is 12.2. The van der Waals surface area contributed by atoms with Crippen molar-refractivity contribution in [3.63, 3.8) is 0 Å². The Bertz CT molecular complexity index is 903. The Hall–Kier alpha value is -1.83. The molecule has 0 radical (unpaired) electrons. The van der Waals surface area contributed by atoms with E-state index in [-0.39, 0.29) is 22.2 Å². The van der Waals surface area contributed by atoms with E-state index in [1.165, 1.54) is 37.3 Å². The molecular weight excluding hydrogens is 404 g/mol. The molecule has 0 unspecified atom stereocenters. The van der Waals surface area contributed by atoms with Gasteiger partial charge in [0.1, 0.15) is 11.9 Å². The summed E-state index contributed by atoms with van der Waals surface area (Å²) in [5.41, 5.74) is -0.354. The molecule has 26 heavy (non-hydrogen) atoms. The molecule has 0 aliphatic rings. The Balaban J connectivity index is 2.65. The quantitative estimate of drug-likeness (QED) is 0.655. The third kappa shape index (κ3) is 4.28. The fourth-order valence-corrected chi connectivity index (χ4v) is 4.18. The molecule has 140 valence electrons. The van der Waals surface area contributed by atoms with E-state index in [0.717, 1.165) is 12.1 Å². The number of carbonyl (C=O) groups excluding carboxylic acids is 1. The number of carbonyl (C=O) groups is 1. The number of esters is 1. The Morgan fingerprint density at radius 3 is 2.31 bits per heavy atom. The highest BCUT2D eigenvalue weighted by Crippen LogP contribution is 2.31. The summed E-state index contributed by atoms with van der Waals surface area (Å²) < 4.78 is 46.2. The predicted octanol–water partition coefficient (Wildman–Crippen LogP) is 4.28. The summed E-state index contributed by atoms with van der Waals surface area (Å²) >= 11 is 11.7. The van der Waals surface area contributed by atoms with Gasteiger partial charge in [-0.1, -0.05) is 23.2 Å². The van der Waals surface area contributed by atoms with Gasteiger partial charge in [-0.25, -0.2) is 21.9 Å². The van der Waals surface area contributed by atoms with Crippen LogP contribution in [-0.4, -0.2) is 27.0 Å². The van der Waals surface area contributed by atoms with Gasteiger partial charge in [0.15, 0.2) is 0 Å². The molecule has 0 saturated carbocycles. The van der Waals surface area contributed by atoms with E-state index in [1.807, 2.05) is 0 Å². The summed E-state index contributed by atoms with van der Waals surface area (Å²) in [5.74, 6) is -1.66. The Kier molecular flexibility index (Phi) is 6.49. The lowest BCUT2D eigenvalue weighted by atomic mass is 10.2. The maximum Gasteiger partial charge on any atom is 0.329 e. The Morgan fingerprint density at radius 1 is 1.15 bits per heavy atom. The largest absolute Gasteiger partial charge is 0.464 e. The van der Waals surface area contributed by atoms with E-state index in [1.54, 1.807) is 6.92 Å². The number of sulfonamides is 1. The van der Waals surface area contributed by atoms with Crippen LogP contribution in [0.15, 0.2) is 47.4 Å². The van der Waals surface area contributed by atoms with E-state index in [2.05, 4.69) is 0 Å².